The zero-order valence-corrected chi connectivity index (χ0v) is 11.6. The summed E-state index contributed by atoms with van der Waals surface area (Å²) in [5, 5.41) is 0. The SMILES string of the molecule is Cc1ccc(-n2ccc3c2CC(C)(C)CC3=O)nc1. The predicted octanol–water partition coefficient (Wildman–Crippen LogP) is 3.34. The Kier molecular flexibility index (Phi) is 2.59. The molecule has 0 aromatic carbocycles. The van der Waals surface area contributed by atoms with Crippen LogP contribution in [-0.2, 0) is 6.42 Å². The molecule has 0 unspecified atom stereocenters. The number of hydrogen-bond donors (Lipinski definition) is 0. The molecule has 19 heavy (non-hydrogen) atoms. The van der Waals surface area contributed by atoms with Crippen LogP contribution in [0.3, 0.4) is 0 Å². The molecule has 0 radical (unpaired) electrons. The predicted molar refractivity (Wildman–Crippen MR) is 74.7 cm³/mol. The molecule has 2 aromatic rings. The first-order valence-electron chi connectivity index (χ1n) is 6.63. The molecule has 98 valence electrons. The Morgan fingerprint density at radius 1 is 1.21 bits per heavy atom. The van der Waals surface area contributed by atoms with Crippen LogP contribution < -0.4 is 0 Å². The molecule has 0 aliphatic heterocycles. The van der Waals surface area contributed by atoms with Gasteiger partial charge in [0.05, 0.1) is 0 Å². The molecule has 3 rings (SSSR count). The quantitative estimate of drug-likeness (QED) is 0.782. The first-order chi connectivity index (χ1) is 8.96. The summed E-state index contributed by atoms with van der Waals surface area (Å²) >= 11 is 0. The Labute approximate surface area is 113 Å². The second-order valence-electron chi connectivity index (χ2n) is 6.18. The van der Waals surface area contributed by atoms with Gasteiger partial charge in [-0.25, -0.2) is 4.98 Å². The van der Waals surface area contributed by atoms with Gasteiger partial charge >= 0.3 is 0 Å². The number of nitrogens with zero attached hydrogens (tertiary/aromatic N) is 2. The van der Waals surface area contributed by atoms with Gasteiger partial charge in [-0.2, -0.15) is 0 Å². The summed E-state index contributed by atoms with van der Waals surface area (Å²) in [5.74, 6) is 1.13. The number of rotatable bonds is 1. The Hall–Kier alpha value is -1.90. The minimum absolute atomic E-state index is 0.0326. The topological polar surface area (TPSA) is 34.9 Å². The molecule has 3 heteroatoms. The van der Waals surface area contributed by atoms with Crippen molar-refractivity contribution in [2.24, 2.45) is 5.41 Å². The Morgan fingerprint density at radius 3 is 2.68 bits per heavy atom. The van der Waals surface area contributed by atoms with Crippen LogP contribution in [0.15, 0.2) is 30.6 Å². The molecule has 2 aromatic heterocycles. The Bertz CT molecular complexity index is 635. The van der Waals surface area contributed by atoms with Gasteiger partial charge in [0.2, 0.25) is 0 Å². The maximum atomic E-state index is 12.2. The normalized spacial score (nSPS) is 17.3. The van der Waals surface area contributed by atoms with E-state index in [1.807, 2.05) is 42.1 Å². The van der Waals surface area contributed by atoms with Crippen LogP contribution in [0.2, 0.25) is 0 Å². The average molecular weight is 254 g/mol. The number of Topliss-reactive ketones (excluding diaryl/α,β-unsaturated/α-hetero) is 1. The van der Waals surface area contributed by atoms with Crippen molar-refractivity contribution in [1.29, 1.82) is 0 Å². The van der Waals surface area contributed by atoms with Crippen molar-refractivity contribution in [3.63, 3.8) is 0 Å². The second kappa shape index (κ2) is 4.05. The highest BCUT2D eigenvalue weighted by Gasteiger charge is 2.33. The van der Waals surface area contributed by atoms with Crippen LogP contribution >= 0.6 is 0 Å². The van der Waals surface area contributed by atoms with E-state index in [4.69, 9.17) is 0 Å². The first kappa shape index (κ1) is 12.2. The second-order valence-corrected chi connectivity index (χ2v) is 6.18. The van der Waals surface area contributed by atoms with Crippen LogP contribution in [-0.4, -0.2) is 15.3 Å². The van der Waals surface area contributed by atoms with Gasteiger partial charge in [-0.05, 0) is 36.5 Å². The number of ketones is 1. The highest BCUT2D eigenvalue weighted by Crippen LogP contribution is 2.35. The fourth-order valence-corrected chi connectivity index (χ4v) is 2.76. The summed E-state index contributed by atoms with van der Waals surface area (Å²) < 4.78 is 2.05. The molecule has 0 spiro atoms. The van der Waals surface area contributed by atoms with Crippen molar-refractivity contribution in [2.45, 2.75) is 33.6 Å². The third kappa shape index (κ3) is 2.09. The summed E-state index contributed by atoms with van der Waals surface area (Å²) in [4.78, 5) is 16.6. The van der Waals surface area contributed by atoms with Gasteiger partial charge in [0, 0.05) is 30.1 Å². The lowest BCUT2D eigenvalue weighted by Gasteiger charge is -2.29. The number of carbonyl (C=O) groups excluding carboxylic acids is 1. The summed E-state index contributed by atoms with van der Waals surface area (Å²) in [6.07, 6.45) is 5.36. The number of hydrogen-bond acceptors (Lipinski definition) is 2. The van der Waals surface area contributed by atoms with Gasteiger partial charge < -0.3 is 4.57 Å². The highest BCUT2D eigenvalue weighted by atomic mass is 16.1. The molecular formula is C16H18N2O. The van der Waals surface area contributed by atoms with E-state index in [1.54, 1.807) is 0 Å². The largest absolute Gasteiger partial charge is 0.305 e. The van der Waals surface area contributed by atoms with Gasteiger partial charge in [0.15, 0.2) is 5.78 Å². The minimum Gasteiger partial charge on any atom is -0.305 e. The zero-order valence-electron chi connectivity index (χ0n) is 11.6. The standard InChI is InChI=1S/C16H18N2O/c1-11-4-5-15(17-10-11)18-7-6-12-13(18)8-16(2,3)9-14(12)19/h4-7,10H,8-9H2,1-3H3. The van der Waals surface area contributed by atoms with Crippen molar-refractivity contribution < 1.29 is 4.79 Å². The van der Waals surface area contributed by atoms with Crippen molar-refractivity contribution in [1.82, 2.24) is 9.55 Å². The highest BCUT2D eigenvalue weighted by molar-refractivity contribution is 5.99. The van der Waals surface area contributed by atoms with E-state index in [9.17, 15) is 4.79 Å². The monoisotopic (exact) mass is 254 g/mol. The van der Waals surface area contributed by atoms with Crippen LogP contribution in [0.25, 0.3) is 5.82 Å². The summed E-state index contributed by atoms with van der Waals surface area (Å²) in [7, 11) is 0. The van der Waals surface area contributed by atoms with E-state index < -0.39 is 0 Å². The molecule has 0 bridgehead atoms. The first-order valence-corrected chi connectivity index (χ1v) is 6.63. The maximum Gasteiger partial charge on any atom is 0.165 e. The fraction of sp³-hybridized carbons (Fsp3) is 0.375. The molecule has 0 saturated heterocycles. The zero-order chi connectivity index (χ0) is 13.6. The molecule has 0 atom stereocenters. The lowest BCUT2D eigenvalue weighted by atomic mass is 9.76. The molecule has 0 fully saturated rings. The van der Waals surface area contributed by atoms with Crippen molar-refractivity contribution in [3.05, 3.63) is 47.4 Å². The van der Waals surface area contributed by atoms with Gasteiger partial charge in [-0.15, -0.1) is 0 Å². The van der Waals surface area contributed by atoms with Crippen molar-refractivity contribution in [2.75, 3.05) is 0 Å². The average Bonchev–Trinajstić information content (AvgIpc) is 2.72. The van der Waals surface area contributed by atoms with Crippen LogP contribution in [0.5, 0.6) is 0 Å². The van der Waals surface area contributed by atoms with Gasteiger partial charge in [-0.1, -0.05) is 19.9 Å². The van der Waals surface area contributed by atoms with Crippen molar-refractivity contribution in [3.8, 4) is 5.82 Å². The van der Waals surface area contributed by atoms with Crippen LogP contribution in [0.4, 0.5) is 0 Å². The fourth-order valence-electron chi connectivity index (χ4n) is 2.76. The van der Waals surface area contributed by atoms with E-state index in [0.29, 0.717) is 6.42 Å². The molecule has 0 saturated carbocycles. The lowest BCUT2D eigenvalue weighted by molar-refractivity contribution is 0.0911. The molecule has 2 heterocycles. The number of aromatic nitrogens is 2. The summed E-state index contributed by atoms with van der Waals surface area (Å²) in [5.41, 5.74) is 3.13. The molecule has 1 aliphatic rings. The summed E-state index contributed by atoms with van der Waals surface area (Å²) in [6, 6.07) is 5.97. The number of aryl methyl sites for hydroxylation is 1. The van der Waals surface area contributed by atoms with Gasteiger partial charge in [-0.3, -0.25) is 4.79 Å². The molecular weight excluding hydrogens is 236 g/mol. The molecule has 0 amide bonds. The smallest absolute Gasteiger partial charge is 0.165 e. The maximum absolute atomic E-state index is 12.2. The van der Waals surface area contributed by atoms with E-state index in [0.717, 1.165) is 29.1 Å². The minimum atomic E-state index is 0.0326. The Balaban J connectivity index is 2.11. The van der Waals surface area contributed by atoms with Crippen molar-refractivity contribution >= 4 is 5.78 Å². The van der Waals surface area contributed by atoms with E-state index >= 15 is 0 Å². The third-order valence-electron chi connectivity index (χ3n) is 3.72. The lowest BCUT2D eigenvalue weighted by Crippen LogP contribution is -2.27. The summed E-state index contributed by atoms with van der Waals surface area (Å²) in [6.45, 7) is 6.32. The number of carbonyl (C=O) groups is 1. The van der Waals surface area contributed by atoms with E-state index in [-0.39, 0.29) is 11.2 Å². The Morgan fingerprint density at radius 2 is 2.00 bits per heavy atom. The van der Waals surface area contributed by atoms with E-state index in [2.05, 4.69) is 18.8 Å². The number of fused-ring (bicyclic) bond motifs is 1. The molecule has 0 N–H and O–H groups in total. The third-order valence-corrected chi connectivity index (χ3v) is 3.72. The van der Waals surface area contributed by atoms with E-state index in [1.165, 1.54) is 0 Å². The van der Waals surface area contributed by atoms with Gasteiger partial charge in [0.1, 0.15) is 5.82 Å². The molecule has 1 aliphatic carbocycles. The van der Waals surface area contributed by atoms with Crippen LogP contribution in [0, 0.1) is 12.3 Å². The molecule has 3 nitrogen and oxygen atoms in total. The number of pyridine rings is 1. The van der Waals surface area contributed by atoms with Gasteiger partial charge in [0.25, 0.3) is 0 Å². The van der Waals surface area contributed by atoms with Crippen LogP contribution in [0.1, 0.15) is 41.9 Å².